The maximum Gasteiger partial charge on any atom is 0.224 e. The first-order chi connectivity index (χ1) is 13.1. The second-order valence-electron chi connectivity index (χ2n) is 6.08. The lowest BCUT2D eigenvalue weighted by Crippen LogP contribution is -2.18. The summed E-state index contributed by atoms with van der Waals surface area (Å²) in [5.74, 6) is 0.253. The first kappa shape index (κ1) is 19.8. The van der Waals surface area contributed by atoms with Crippen LogP contribution in [-0.2, 0) is 9.53 Å². The Labute approximate surface area is 166 Å². The Kier molecular flexibility index (Phi) is 7.19. The van der Waals surface area contributed by atoms with Gasteiger partial charge in [-0.3, -0.25) is 9.59 Å². The topological polar surface area (TPSA) is 93.2 Å². The number of benzene rings is 1. The highest BCUT2D eigenvalue weighted by molar-refractivity contribution is 8.01. The number of aromatic nitrogens is 2. The maximum absolute atomic E-state index is 12.3. The summed E-state index contributed by atoms with van der Waals surface area (Å²) in [5.41, 5.74) is 1.30. The zero-order valence-electron chi connectivity index (χ0n) is 15.1. The summed E-state index contributed by atoms with van der Waals surface area (Å²) < 4.78 is 6.32. The summed E-state index contributed by atoms with van der Waals surface area (Å²) in [6.45, 7) is 3.36. The smallest absolute Gasteiger partial charge is 0.224 e. The van der Waals surface area contributed by atoms with E-state index in [4.69, 9.17) is 4.74 Å². The van der Waals surface area contributed by atoms with Crippen LogP contribution in [0.2, 0.25) is 0 Å². The predicted molar refractivity (Wildman–Crippen MR) is 108 cm³/mol. The molecule has 1 aromatic carbocycles. The molecule has 1 saturated heterocycles. The largest absolute Gasteiger partial charge is 0.376 e. The van der Waals surface area contributed by atoms with Crippen LogP contribution >= 0.6 is 23.1 Å². The van der Waals surface area contributed by atoms with Gasteiger partial charge in [-0.2, -0.15) is 0 Å². The number of ketones is 1. The molecule has 1 unspecified atom stereocenters. The number of hydrogen-bond donors (Lipinski definition) is 2. The number of anilines is 2. The van der Waals surface area contributed by atoms with E-state index in [1.165, 1.54) is 23.1 Å². The van der Waals surface area contributed by atoms with Gasteiger partial charge in [0.15, 0.2) is 10.1 Å². The molecular weight excluding hydrogens is 384 g/mol. The highest BCUT2D eigenvalue weighted by Gasteiger charge is 2.16. The molecular formula is C18H22N4O3S2. The van der Waals surface area contributed by atoms with Crippen LogP contribution in [0.5, 0.6) is 0 Å². The van der Waals surface area contributed by atoms with Crippen LogP contribution < -0.4 is 10.6 Å². The molecule has 144 valence electrons. The summed E-state index contributed by atoms with van der Waals surface area (Å²) in [6, 6.07) is 6.93. The highest BCUT2D eigenvalue weighted by Crippen LogP contribution is 2.26. The number of nitrogens with one attached hydrogen (secondary N) is 2. The zero-order chi connectivity index (χ0) is 19.1. The number of nitrogens with zero attached hydrogens (tertiary/aromatic N) is 2. The van der Waals surface area contributed by atoms with E-state index >= 15 is 0 Å². The van der Waals surface area contributed by atoms with Gasteiger partial charge in [0.25, 0.3) is 0 Å². The molecule has 1 amide bonds. The van der Waals surface area contributed by atoms with Gasteiger partial charge in [-0.15, -0.1) is 10.2 Å². The summed E-state index contributed by atoms with van der Waals surface area (Å²) >= 11 is 2.81. The third-order valence-corrected chi connectivity index (χ3v) is 6.06. The Morgan fingerprint density at radius 1 is 1.30 bits per heavy atom. The number of amides is 1. The Morgan fingerprint density at radius 3 is 2.81 bits per heavy atom. The van der Waals surface area contributed by atoms with Crippen molar-refractivity contribution in [1.29, 1.82) is 0 Å². The van der Waals surface area contributed by atoms with Crippen molar-refractivity contribution in [2.45, 2.75) is 36.6 Å². The van der Waals surface area contributed by atoms with E-state index in [0.717, 1.165) is 35.5 Å². The van der Waals surface area contributed by atoms with Gasteiger partial charge in [-0.25, -0.2) is 0 Å². The van der Waals surface area contributed by atoms with Crippen LogP contribution in [0.4, 0.5) is 10.8 Å². The number of hydrogen-bond acceptors (Lipinski definition) is 8. The van der Waals surface area contributed by atoms with Crippen molar-refractivity contribution in [2.75, 3.05) is 29.5 Å². The molecule has 1 fully saturated rings. The minimum Gasteiger partial charge on any atom is -0.376 e. The molecule has 9 heteroatoms. The van der Waals surface area contributed by atoms with Gasteiger partial charge < -0.3 is 15.4 Å². The summed E-state index contributed by atoms with van der Waals surface area (Å²) in [5, 5.41) is 15.0. The molecule has 1 aliphatic rings. The van der Waals surface area contributed by atoms with Crippen molar-refractivity contribution < 1.29 is 14.3 Å². The first-order valence-corrected chi connectivity index (χ1v) is 10.7. The molecule has 2 aromatic rings. The fourth-order valence-electron chi connectivity index (χ4n) is 2.55. The first-order valence-electron chi connectivity index (χ1n) is 8.89. The van der Waals surface area contributed by atoms with Gasteiger partial charge in [-0.1, -0.05) is 30.0 Å². The van der Waals surface area contributed by atoms with Crippen LogP contribution in [0.1, 0.15) is 36.5 Å². The van der Waals surface area contributed by atoms with Crippen LogP contribution in [0, 0.1) is 0 Å². The fourth-order valence-corrected chi connectivity index (χ4v) is 4.20. The molecule has 3 rings (SSSR count). The van der Waals surface area contributed by atoms with Crippen molar-refractivity contribution in [3.8, 4) is 0 Å². The third-order valence-electron chi connectivity index (χ3n) is 4.05. The monoisotopic (exact) mass is 406 g/mol. The zero-order valence-corrected chi connectivity index (χ0v) is 16.7. The Morgan fingerprint density at radius 2 is 2.11 bits per heavy atom. The van der Waals surface area contributed by atoms with Crippen LogP contribution in [-0.4, -0.2) is 46.9 Å². The quantitative estimate of drug-likeness (QED) is 0.487. The molecule has 7 nitrogen and oxygen atoms in total. The van der Waals surface area contributed by atoms with Crippen LogP contribution in [0.3, 0.4) is 0 Å². The summed E-state index contributed by atoms with van der Waals surface area (Å²) in [7, 11) is 0. The molecule has 2 heterocycles. The van der Waals surface area contributed by atoms with Crippen LogP contribution in [0.15, 0.2) is 28.6 Å². The van der Waals surface area contributed by atoms with Crippen LogP contribution in [0.25, 0.3) is 0 Å². The van der Waals surface area contributed by atoms with E-state index in [1.807, 2.05) is 0 Å². The molecule has 0 saturated carbocycles. The van der Waals surface area contributed by atoms with Crippen molar-refractivity contribution in [1.82, 2.24) is 10.2 Å². The minimum atomic E-state index is -0.0511. The fraction of sp³-hybridized carbons (Fsp3) is 0.444. The summed E-state index contributed by atoms with van der Waals surface area (Å²) in [6.07, 6.45) is 2.85. The average Bonchev–Trinajstić information content (AvgIpc) is 3.36. The van der Waals surface area contributed by atoms with Gasteiger partial charge in [-0.05, 0) is 37.1 Å². The lowest BCUT2D eigenvalue weighted by atomic mass is 10.1. The van der Waals surface area contributed by atoms with E-state index in [2.05, 4.69) is 20.8 Å². The second kappa shape index (κ2) is 9.82. The van der Waals surface area contributed by atoms with Gasteiger partial charge >= 0.3 is 0 Å². The van der Waals surface area contributed by atoms with Crippen molar-refractivity contribution in [3.63, 3.8) is 0 Å². The third kappa shape index (κ3) is 6.02. The molecule has 0 spiro atoms. The number of carbonyl (C=O) groups excluding carboxylic acids is 2. The van der Waals surface area contributed by atoms with Gasteiger partial charge in [0.2, 0.25) is 11.0 Å². The van der Waals surface area contributed by atoms with E-state index in [1.54, 1.807) is 31.2 Å². The lowest BCUT2D eigenvalue weighted by molar-refractivity contribution is -0.115. The molecule has 0 aliphatic carbocycles. The maximum atomic E-state index is 12.3. The van der Waals surface area contributed by atoms with E-state index < -0.39 is 0 Å². The molecule has 1 aliphatic heterocycles. The Bertz CT molecular complexity index is 773. The predicted octanol–water partition coefficient (Wildman–Crippen LogP) is 3.45. The SMILES string of the molecule is CCC(=O)Nc1ccc(C(=O)CSc2nnc(NCC3CCCO3)s2)cc1. The number of carbonyl (C=O) groups is 2. The molecule has 27 heavy (non-hydrogen) atoms. The van der Waals surface area contributed by atoms with Crippen molar-refractivity contribution in [3.05, 3.63) is 29.8 Å². The van der Waals surface area contributed by atoms with E-state index in [-0.39, 0.29) is 17.8 Å². The summed E-state index contributed by atoms with van der Waals surface area (Å²) in [4.78, 5) is 23.7. The van der Waals surface area contributed by atoms with Gasteiger partial charge in [0, 0.05) is 30.8 Å². The molecule has 1 aromatic heterocycles. The number of ether oxygens (including phenoxy) is 1. The standard InChI is InChI=1S/C18H22N4O3S2/c1-2-16(24)20-13-7-5-12(6-8-13)15(23)11-26-18-22-21-17(27-18)19-10-14-4-3-9-25-14/h5-8,14H,2-4,9-11H2,1H3,(H,19,21)(H,20,24). The number of rotatable bonds is 9. The van der Waals surface area contributed by atoms with E-state index in [0.29, 0.717) is 23.4 Å². The average molecular weight is 407 g/mol. The normalized spacial score (nSPS) is 16.3. The number of thioether (sulfide) groups is 1. The minimum absolute atomic E-state index is 0.0115. The molecule has 1 atom stereocenters. The lowest BCUT2D eigenvalue weighted by Gasteiger charge is -2.08. The Balaban J connectivity index is 1.45. The number of Topliss-reactive ketones (excluding diaryl/α,β-unsaturated/α-hetero) is 1. The van der Waals surface area contributed by atoms with Crippen molar-refractivity contribution in [2.24, 2.45) is 0 Å². The van der Waals surface area contributed by atoms with Gasteiger partial charge in [0.1, 0.15) is 0 Å². The molecule has 2 N–H and O–H groups in total. The molecule has 0 bridgehead atoms. The highest BCUT2D eigenvalue weighted by atomic mass is 32.2. The van der Waals surface area contributed by atoms with E-state index in [9.17, 15) is 9.59 Å². The Hall–Kier alpha value is -1.97. The second-order valence-corrected chi connectivity index (χ2v) is 8.28. The molecule has 0 radical (unpaired) electrons. The van der Waals surface area contributed by atoms with Crippen molar-refractivity contribution >= 4 is 45.6 Å². The van der Waals surface area contributed by atoms with Gasteiger partial charge in [0.05, 0.1) is 11.9 Å².